The van der Waals surface area contributed by atoms with E-state index in [1.54, 1.807) is 0 Å². The van der Waals surface area contributed by atoms with Crippen molar-refractivity contribution < 1.29 is 4.79 Å². The number of nitrogens with one attached hydrogen (secondary N) is 2. The van der Waals surface area contributed by atoms with Gasteiger partial charge in [0.15, 0.2) is 0 Å². The fourth-order valence-corrected chi connectivity index (χ4v) is 3.21. The molecule has 2 aliphatic rings. The molecule has 0 radical (unpaired) electrons. The molecule has 2 saturated heterocycles. The second kappa shape index (κ2) is 11.5. The van der Waals surface area contributed by atoms with Crippen molar-refractivity contribution in [1.29, 1.82) is 0 Å². The lowest BCUT2D eigenvalue weighted by atomic mass is 10.0. The summed E-state index contributed by atoms with van der Waals surface area (Å²) in [4.78, 5) is 14.3. The highest BCUT2D eigenvalue weighted by atomic mass is 35.5. The Hall–Kier alpha value is -0.0300. The number of likely N-dealkylation sites (tertiary alicyclic amines) is 1. The van der Waals surface area contributed by atoms with Gasteiger partial charge in [-0.3, -0.25) is 9.69 Å². The molecule has 6 heteroatoms. The largest absolute Gasteiger partial charge is 0.355 e. The normalized spacial score (nSPS) is 25.8. The van der Waals surface area contributed by atoms with Crippen molar-refractivity contribution in [3.05, 3.63) is 0 Å². The second-order valence-corrected chi connectivity index (χ2v) is 6.13. The molecule has 21 heavy (non-hydrogen) atoms. The molecular formula is C15H31Cl2N3O. The first-order valence-corrected chi connectivity index (χ1v) is 7.97. The molecule has 2 unspecified atom stereocenters. The second-order valence-electron chi connectivity index (χ2n) is 6.13. The van der Waals surface area contributed by atoms with Gasteiger partial charge in [0.05, 0.1) is 0 Å². The first-order valence-electron chi connectivity index (χ1n) is 7.97. The fourth-order valence-electron chi connectivity index (χ4n) is 3.21. The fraction of sp³-hybridized carbons (Fsp3) is 0.933. The van der Waals surface area contributed by atoms with Gasteiger partial charge in [-0.25, -0.2) is 0 Å². The van der Waals surface area contributed by atoms with Crippen molar-refractivity contribution in [3.8, 4) is 0 Å². The molecule has 2 aliphatic heterocycles. The summed E-state index contributed by atoms with van der Waals surface area (Å²) in [5.74, 6) is 0.949. The van der Waals surface area contributed by atoms with Crippen LogP contribution in [-0.2, 0) is 4.79 Å². The van der Waals surface area contributed by atoms with E-state index in [1.165, 1.54) is 32.2 Å². The predicted molar refractivity (Wildman–Crippen MR) is 92.6 cm³/mol. The average molecular weight is 340 g/mol. The molecule has 2 N–H and O–H groups in total. The average Bonchev–Trinajstić information content (AvgIpc) is 2.92. The van der Waals surface area contributed by atoms with Gasteiger partial charge in [0.1, 0.15) is 0 Å². The van der Waals surface area contributed by atoms with Gasteiger partial charge in [-0.2, -0.15) is 0 Å². The third kappa shape index (κ3) is 7.68. The molecule has 2 atom stereocenters. The number of nitrogens with zero attached hydrogens (tertiary/aromatic N) is 1. The highest BCUT2D eigenvalue weighted by molar-refractivity contribution is 5.85. The Labute approximate surface area is 141 Å². The topological polar surface area (TPSA) is 44.4 Å². The van der Waals surface area contributed by atoms with Crippen LogP contribution in [0.4, 0.5) is 0 Å². The molecule has 2 heterocycles. The Morgan fingerprint density at radius 2 is 2.10 bits per heavy atom. The highest BCUT2D eigenvalue weighted by Gasteiger charge is 2.18. The zero-order chi connectivity index (χ0) is 13.5. The lowest BCUT2D eigenvalue weighted by Crippen LogP contribution is -2.42. The first kappa shape index (κ1) is 21.0. The zero-order valence-corrected chi connectivity index (χ0v) is 14.7. The minimum atomic E-state index is 0. The molecule has 0 aromatic heterocycles. The van der Waals surface area contributed by atoms with Crippen LogP contribution in [0, 0.1) is 5.92 Å². The van der Waals surface area contributed by atoms with Gasteiger partial charge in [0.2, 0.25) is 5.91 Å². The molecule has 0 aliphatic carbocycles. The zero-order valence-electron chi connectivity index (χ0n) is 13.1. The van der Waals surface area contributed by atoms with Crippen molar-refractivity contribution in [2.45, 2.75) is 51.5 Å². The number of carbonyl (C=O) groups is 1. The summed E-state index contributed by atoms with van der Waals surface area (Å²) in [6.07, 6.45) is 6.95. The molecule has 4 nitrogen and oxygen atoms in total. The van der Waals surface area contributed by atoms with Crippen LogP contribution in [0.5, 0.6) is 0 Å². The van der Waals surface area contributed by atoms with Crippen LogP contribution in [0.2, 0.25) is 0 Å². The SMILES string of the molecule is CC1CCCCN1CCNC(=O)CCC1CCNC1.Cl.Cl. The molecule has 2 fully saturated rings. The van der Waals surface area contributed by atoms with Crippen LogP contribution >= 0.6 is 24.8 Å². The standard InChI is InChI=1S/C15H29N3O.2ClH/c1-13-4-2-3-10-18(13)11-9-17-15(19)6-5-14-7-8-16-12-14;;/h13-14,16H,2-12H2,1H3,(H,17,19);2*1H. The molecule has 126 valence electrons. The maximum absolute atomic E-state index is 11.8. The van der Waals surface area contributed by atoms with Crippen LogP contribution in [0.1, 0.15) is 45.4 Å². The van der Waals surface area contributed by atoms with E-state index in [0.29, 0.717) is 18.4 Å². The summed E-state index contributed by atoms with van der Waals surface area (Å²) in [7, 11) is 0. The van der Waals surface area contributed by atoms with E-state index in [9.17, 15) is 4.79 Å². The number of amides is 1. The van der Waals surface area contributed by atoms with E-state index in [4.69, 9.17) is 0 Å². The Kier molecular flexibility index (Phi) is 11.5. The maximum atomic E-state index is 11.8. The van der Waals surface area contributed by atoms with E-state index in [0.717, 1.165) is 32.6 Å². The summed E-state index contributed by atoms with van der Waals surface area (Å²) in [5.41, 5.74) is 0. The molecule has 0 aromatic carbocycles. The van der Waals surface area contributed by atoms with Crippen molar-refractivity contribution in [2.24, 2.45) is 5.92 Å². The van der Waals surface area contributed by atoms with Crippen LogP contribution in [0.3, 0.4) is 0 Å². The molecule has 0 spiro atoms. The van der Waals surface area contributed by atoms with E-state index in [2.05, 4.69) is 22.5 Å². The van der Waals surface area contributed by atoms with Gasteiger partial charge in [-0.15, -0.1) is 24.8 Å². The van der Waals surface area contributed by atoms with Crippen molar-refractivity contribution in [2.75, 3.05) is 32.7 Å². The quantitative estimate of drug-likeness (QED) is 0.779. The van der Waals surface area contributed by atoms with Gasteiger partial charge in [0.25, 0.3) is 0 Å². The minimum absolute atomic E-state index is 0. The van der Waals surface area contributed by atoms with Crippen molar-refractivity contribution >= 4 is 30.7 Å². The third-order valence-corrected chi connectivity index (χ3v) is 4.60. The van der Waals surface area contributed by atoms with Crippen molar-refractivity contribution in [3.63, 3.8) is 0 Å². The lowest BCUT2D eigenvalue weighted by molar-refractivity contribution is -0.121. The number of piperidine rings is 1. The number of hydrogen-bond acceptors (Lipinski definition) is 3. The third-order valence-electron chi connectivity index (χ3n) is 4.60. The van der Waals surface area contributed by atoms with Gasteiger partial charge in [-0.05, 0) is 58.2 Å². The van der Waals surface area contributed by atoms with Crippen molar-refractivity contribution in [1.82, 2.24) is 15.5 Å². The van der Waals surface area contributed by atoms with Gasteiger partial charge in [-0.1, -0.05) is 6.42 Å². The lowest BCUT2D eigenvalue weighted by Gasteiger charge is -2.33. The van der Waals surface area contributed by atoms with Crippen LogP contribution in [0.15, 0.2) is 0 Å². The highest BCUT2D eigenvalue weighted by Crippen LogP contribution is 2.15. The van der Waals surface area contributed by atoms with E-state index >= 15 is 0 Å². The minimum Gasteiger partial charge on any atom is -0.355 e. The summed E-state index contributed by atoms with van der Waals surface area (Å²) < 4.78 is 0. The molecule has 0 bridgehead atoms. The van der Waals surface area contributed by atoms with Crippen LogP contribution in [0.25, 0.3) is 0 Å². The molecular weight excluding hydrogens is 309 g/mol. The number of hydrogen-bond donors (Lipinski definition) is 2. The van der Waals surface area contributed by atoms with Crippen LogP contribution in [-0.4, -0.2) is 49.6 Å². The predicted octanol–water partition coefficient (Wildman–Crippen LogP) is 2.21. The van der Waals surface area contributed by atoms with Gasteiger partial charge >= 0.3 is 0 Å². The summed E-state index contributed by atoms with van der Waals surface area (Å²) in [6, 6.07) is 0.690. The Bertz CT molecular complexity index is 286. The smallest absolute Gasteiger partial charge is 0.220 e. The summed E-state index contributed by atoms with van der Waals surface area (Å²) >= 11 is 0. The van der Waals surface area contributed by atoms with E-state index in [-0.39, 0.29) is 30.7 Å². The summed E-state index contributed by atoms with van der Waals surface area (Å²) in [6.45, 7) is 7.54. The molecule has 0 aromatic rings. The Morgan fingerprint density at radius 1 is 1.29 bits per heavy atom. The molecule has 2 rings (SSSR count). The van der Waals surface area contributed by atoms with Gasteiger partial charge < -0.3 is 10.6 Å². The molecule has 0 saturated carbocycles. The number of carbonyl (C=O) groups excluding carboxylic acids is 1. The molecule has 1 amide bonds. The number of rotatable bonds is 6. The Morgan fingerprint density at radius 3 is 2.76 bits per heavy atom. The first-order chi connectivity index (χ1) is 9.25. The van der Waals surface area contributed by atoms with Gasteiger partial charge in [0, 0.05) is 25.6 Å². The van der Waals surface area contributed by atoms with Crippen LogP contribution < -0.4 is 10.6 Å². The maximum Gasteiger partial charge on any atom is 0.220 e. The van der Waals surface area contributed by atoms with E-state index < -0.39 is 0 Å². The number of halogens is 2. The van der Waals surface area contributed by atoms with E-state index in [1.807, 2.05) is 0 Å². The summed E-state index contributed by atoms with van der Waals surface area (Å²) in [5, 5.41) is 6.42. The monoisotopic (exact) mass is 339 g/mol. The Balaban J connectivity index is 0.00000200.